The van der Waals surface area contributed by atoms with Crippen molar-refractivity contribution in [3.8, 4) is 0 Å². The smallest absolute Gasteiger partial charge is 0.240 e. The first-order valence-electron chi connectivity index (χ1n) is 20.5. The van der Waals surface area contributed by atoms with Crippen molar-refractivity contribution in [3.63, 3.8) is 0 Å². The van der Waals surface area contributed by atoms with E-state index in [0.717, 1.165) is 58.0 Å². The maximum atomic E-state index is 14.2. The molecular weight excluding hydrogens is 660 g/mol. The number of likely N-dealkylation sites (N-methyl/N-ethyl adjacent to an activating group) is 2. The molecule has 1 aliphatic heterocycles. The van der Waals surface area contributed by atoms with Crippen LogP contribution >= 0.6 is 0 Å². The van der Waals surface area contributed by atoms with Crippen LogP contribution in [-0.4, -0.2) is 135 Å². The minimum absolute atomic E-state index is 0.0525. The Morgan fingerprint density at radius 1 is 0.865 bits per heavy atom. The zero-order valence-electron chi connectivity index (χ0n) is 33.5. The molecule has 6 fully saturated rings. The normalized spacial score (nSPS) is 38.1. The first-order chi connectivity index (χ1) is 24.6. The van der Waals surface area contributed by atoms with Crippen molar-refractivity contribution >= 4 is 17.7 Å². The van der Waals surface area contributed by atoms with E-state index in [1.807, 2.05) is 28.2 Å². The van der Waals surface area contributed by atoms with Gasteiger partial charge in [-0.3, -0.25) is 19.2 Å². The van der Waals surface area contributed by atoms with Crippen LogP contribution in [0, 0.1) is 58.7 Å². The van der Waals surface area contributed by atoms with Crippen molar-refractivity contribution in [1.29, 1.82) is 0 Å². The molecule has 6 aliphatic rings. The van der Waals surface area contributed by atoms with Gasteiger partial charge in [-0.1, -0.05) is 33.6 Å². The van der Waals surface area contributed by atoms with Gasteiger partial charge in [-0.15, -0.1) is 0 Å². The summed E-state index contributed by atoms with van der Waals surface area (Å²) in [7, 11) is 7.97. The van der Waals surface area contributed by atoms with E-state index in [1.54, 1.807) is 12.0 Å². The molecule has 6 rings (SSSR count). The van der Waals surface area contributed by atoms with Gasteiger partial charge >= 0.3 is 0 Å². The largest absolute Gasteiger partial charge is 0.394 e. The summed E-state index contributed by atoms with van der Waals surface area (Å²) in [4.78, 5) is 51.6. The SMILES string of the molecule is C[C@@H]1[C@@H](NC(=O)[C@@H]2[C@@H]([C@H](C)O)[C@H](CO)ON2CC2CCCC(C3CC(C(=O)NCCN(C)C)CC(C(=O)NCCN(C)C)C3)C2)C[C@H]2C[C@@H]1C2(C)C. The van der Waals surface area contributed by atoms with Gasteiger partial charge in [0.2, 0.25) is 17.7 Å². The van der Waals surface area contributed by atoms with E-state index in [1.165, 1.54) is 6.42 Å². The average molecular weight is 733 g/mol. The molecule has 12 nitrogen and oxygen atoms in total. The van der Waals surface area contributed by atoms with Gasteiger partial charge in [0.1, 0.15) is 12.1 Å². The summed E-state index contributed by atoms with van der Waals surface area (Å²) in [5.74, 6) is 1.52. The van der Waals surface area contributed by atoms with E-state index < -0.39 is 24.2 Å². The van der Waals surface area contributed by atoms with Gasteiger partial charge in [0, 0.05) is 56.5 Å². The predicted octanol–water partition coefficient (Wildman–Crippen LogP) is 2.34. The van der Waals surface area contributed by atoms with Gasteiger partial charge in [0.05, 0.1) is 12.7 Å². The van der Waals surface area contributed by atoms with Crippen LogP contribution in [0.25, 0.3) is 0 Å². The highest BCUT2D eigenvalue weighted by molar-refractivity contribution is 5.83. The lowest BCUT2D eigenvalue weighted by atomic mass is 9.45. The Labute approximate surface area is 313 Å². The van der Waals surface area contributed by atoms with Crippen molar-refractivity contribution in [2.45, 2.75) is 110 Å². The lowest BCUT2D eigenvalue weighted by molar-refractivity contribution is -0.185. The van der Waals surface area contributed by atoms with E-state index in [9.17, 15) is 24.6 Å². The number of hydrogen-bond acceptors (Lipinski definition) is 9. The van der Waals surface area contributed by atoms with Crippen molar-refractivity contribution in [3.05, 3.63) is 0 Å². The van der Waals surface area contributed by atoms with Crippen molar-refractivity contribution in [2.75, 3.05) is 67.5 Å². The molecule has 3 amide bonds. The molecule has 1 heterocycles. The van der Waals surface area contributed by atoms with Crippen molar-refractivity contribution in [1.82, 2.24) is 30.8 Å². The maximum absolute atomic E-state index is 14.2. The number of fused-ring (bicyclic) bond motifs is 2. The van der Waals surface area contributed by atoms with Crippen LogP contribution in [0.3, 0.4) is 0 Å². The lowest BCUT2D eigenvalue weighted by Crippen LogP contribution is -2.62. The van der Waals surface area contributed by atoms with Crippen LogP contribution in [0.4, 0.5) is 0 Å². The number of amides is 3. The molecule has 0 spiro atoms. The number of rotatable bonds is 15. The molecular formula is C40H72N6O6. The first kappa shape index (κ1) is 41.3. The summed E-state index contributed by atoms with van der Waals surface area (Å²) in [6, 6.07) is -0.587. The Balaban J connectivity index is 1.26. The minimum atomic E-state index is -0.822. The second-order valence-electron chi connectivity index (χ2n) is 18.6. The molecule has 0 aromatic rings. The average Bonchev–Trinajstić information content (AvgIpc) is 3.47. The van der Waals surface area contributed by atoms with E-state index in [0.29, 0.717) is 55.1 Å². The van der Waals surface area contributed by atoms with Crippen LogP contribution < -0.4 is 16.0 Å². The summed E-state index contributed by atoms with van der Waals surface area (Å²) in [6.45, 7) is 11.7. The van der Waals surface area contributed by atoms with E-state index in [-0.39, 0.29) is 54.0 Å². The Hall–Kier alpha value is -1.83. The fraction of sp³-hybridized carbons (Fsp3) is 0.925. The van der Waals surface area contributed by atoms with E-state index in [2.05, 4.69) is 46.5 Å². The number of carbonyl (C=O) groups is 3. The Bertz CT molecular complexity index is 1180. The second-order valence-corrected chi connectivity index (χ2v) is 18.6. The third-order valence-corrected chi connectivity index (χ3v) is 14.2. The number of nitrogens with zero attached hydrogens (tertiary/aromatic N) is 3. The van der Waals surface area contributed by atoms with Crippen LogP contribution in [-0.2, 0) is 19.2 Å². The van der Waals surface area contributed by atoms with Gasteiger partial charge in [0.15, 0.2) is 0 Å². The Morgan fingerprint density at radius 2 is 1.48 bits per heavy atom. The zero-order chi connectivity index (χ0) is 37.9. The fourth-order valence-electron chi connectivity index (χ4n) is 11.0. The predicted molar refractivity (Wildman–Crippen MR) is 202 cm³/mol. The molecule has 2 bridgehead atoms. The van der Waals surface area contributed by atoms with Crippen LogP contribution in [0.1, 0.15) is 85.5 Å². The van der Waals surface area contributed by atoms with Crippen molar-refractivity contribution in [2.24, 2.45) is 58.7 Å². The van der Waals surface area contributed by atoms with Crippen LogP contribution in [0.2, 0.25) is 0 Å². The molecule has 5 N–H and O–H groups in total. The zero-order valence-corrected chi connectivity index (χ0v) is 33.5. The molecule has 298 valence electrons. The molecule has 4 unspecified atom stereocenters. The number of hydroxylamine groups is 2. The van der Waals surface area contributed by atoms with Gasteiger partial charge < -0.3 is 36.0 Å². The summed E-state index contributed by atoms with van der Waals surface area (Å²) < 4.78 is 0. The number of carbonyl (C=O) groups excluding carboxylic acids is 3. The molecule has 0 aromatic carbocycles. The summed E-state index contributed by atoms with van der Waals surface area (Å²) in [5.41, 5.74) is 0.314. The van der Waals surface area contributed by atoms with Gasteiger partial charge in [0.25, 0.3) is 0 Å². The highest BCUT2D eigenvalue weighted by Crippen LogP contribution is 2.61. The monoisotopic (exact) mass is 733 g/mol. The maximum Gasteiger partial charge on any atom is 0.240 e. The fourth-order valence-corrected chi connectivity index (χ4v) is 11.0. The minimum Gasteiger partial charge on any atom is -0.394 e. The Kier molecular flexibility index (Phi) is 14.1. The number of aliphatic hydroxyl groups is 2. The number of aliphatic hydroxyl groups excluding tert-OH is 2. The summed E-state index contributed by atoms with van der Waals surface area (Å²) >= 11 is 0. The van der Waals surface area contributed by atoms with Gasteiger partial charge in [-0.2, -0.15) is 5.06 Å². The van der Waals surface area contributed by atoms with Crippen molar-refractivity contribution < 1.29 is 29.4 Å². The van der Waals surface area contributed by atoms with E-state index >= 15 is 0 Å². The molecule has 5 saturated carbocycles. The number of hydrogen-bond donors (Lipinski definition) is 5. The first-order valence-corrected chi connectivity index (χ1v) is 20.5. The molecule has 5 aliphatic carbocycles. The topological polar surface area (TPSA) is 147 Å². The molecule has 0 aromatic heterocycles. The van der Waals surface area contributed by atoms with Crippen LogP contribution in [0.5, 0.6) is 0 Å². The highest BCUT2D eigenvalue weighted by atomic mass is 16.7. The number of nitrogens with one attached hydrogen (secondary N) is 3. The molecule has 52 heavy (non-hydrogen) atoms. The summed E-state index contributed by atoms with van der Waals surface area (Å²) in [6.07, 6.45) is 6.92. The summed E-state index contributed by atoms with van der Waals surface area (Å²) in [5, 5.41) is 32.7. The standard InChI is InChI=1S/C40H72N6O6/c1-24-32-20-31(40(32,3)4)21-33(24)43-39(51)36-35(25(2)48)34(23-47)52-46(36)22-26-10-9-11-27(16-26)28-17-29(37(49)41-12-14-44(5)6)19-30(18-28)38(50)42-13-15-45(7)8/h24-36,47-48H,9-23H2,1-8H3,(H,41,49)(H,42,50)(H,43,51)/t24-,25-,26?,27?,28?,29?,30?,31+,32-,33-,34-,35-,36-/m0/s1. The molecule has 12 atom stereocenters. The highest BCUT2D eigenvalue weighted by Gasteiger charge is 2.57. The quantitative estimate of drug-likeness (QED) is 0.171. The van der Waals surface area contributed by atoms with Gasteiger partial charge in [-0.05, 0) is 121 Å². The molecule has 0 radical (unpaired) electrons. The lowest BCUT2D eigenvalue weighted by Gasteiger charge is -2.62. The van der Waals surface area contributed by atoms with Crippen LogP contribution in [0.15, 0.2) is 0 Å². The Morgan fingerprint density at radius 3 is 2.00 bits per heavy atom. The third-order valence-electron chi connectivity index (χ3n) is 14.2. The van der Waals surface area contributed by atoms with E-state index in [4.69, 9.17) is 4.84 Å². The molecule has 1 saturated heterocycles. The third kappa shape index (κ3) is 9.51. The van der Waals surface area contributed by atoms with Gasteiger partial charge in [-0.25, -0.2) is 0 Å². The second kappa shape index (κ2) is 17.8. The molecule has 12 heteroatoms.